The molecule has 0 unspecified atom stereocenters. The third-order valence-electron chi connectivity index (χ3n) is 2.71. The van der Waals surface area contributed by atoms with Crippen LogP contribution < -0.4 is 5.73 Å². The molecule has 0 aliphatic heterocycles. The Balaban J connectivity index is 0. The minimum atomic E-state index is -0.0381. The molecule has 0 heterocycles. The Kier molecular flexibility index (Phi) is 22.8. The van der Waals surface area contributed by atoms with Crippen molar-refractivity contribution in [1.82, 2.24) is 0 Å². The van der Waals surface area contributed by atoms with E-state index < -0.39 is 0 Å². The molecule has 0 atom stereocenters. The van der Waals surface area contributed by atoms with Gasteiger partial charge in [-0.1, -0.05) is 12.2 Å². The van der Waals surface area contributed by atoms with Gasteiger partial charge in [-0.25, -0.2) is 0 Å². The van der Waals surface area contributed by atoms with Crippen molar-refractivity contribution < 1.29 is 17.1 Å². The van der Waals surface area contributed by atoms with Crippen LogP contribution in [-0.4, -0.2) is 4.32 Å². The van der Waals surface area contributed by atoms with Crippen LogP contribution in [0, 0.1) is 0 Å². The van der Waals surface area contributed by atoms with Crippen LogP contribution in [0.5, 0.6) is 0 Å². The van der Waals surface area contributed by atoms with Gasteiger partial charge in [0.25, 0.3) is 0 Å². The van der Waals surface area contributed by atoms with Crippen LogP contribution in [0.1, 0.15) is 65.2 Å². The van der Waals surface area contributed by atoms with Gasteiger partial charge < -0.3 is 5.73 Å². The van der Waals surface area contributed by atoms with Gasteiger partial charge in [0.05, 0.1) is 0 Å². The zero-order chi connectivity index (χ0) is 13.4. The minimum absolute atomic E-state index is 0.0381. The van der Waals surface area contributed by atoms with Gasteiger partial charge in [0.1, 0.15) is 4.32 Å². The van der Waals surface area contributed by atoms with E-state index >= 15 is 0 Å². The molecule has 0 amide bonds. The van der Waals surface area contributed by atoms with Crippen LogP contribution in [0.4, 0.5) is 0 Å². The third-order valence-corrected chi connectivity index (χ3v) is 6.90. The first kappa shape index (κ1) is 20.2. The number of hydrogen-bond acceptors (Lipinski definition) is 1. The number of rotatable bonds is 10. The van der Waals surface area contributed by atoms with Crippen LogP contribution in [-0.2, 0) is 17.1 Å². The summed E-state index contributed by atoms with van der Waals surface area (Å²) in [5.41, 5.74) is 4.71. The average molecular weight is 329 g/mol. The molecule has 0 spiro atoms. The largest absolute Gasteiger partial charge is 0.385 e. The summed E-state index contributed by atoms with van der Waals surface area (Å²) < 4.78 is 0.194. The van der Waals surface area contributed by atoms with Gasteiger partial charge in [-0.2, -0.15) is 0 Å². The minimum Gasteiger partial charge on any atom is -0.385 e. The van der Waals surface area contributed by atoms with E-state index in [1.807, 2.05) is 0 Å². The summed E-state index contributed by atoms with van der Waals surface area (Å²) in [6.07, 6.45) is 11.9. The van der Waals surface area contributed by atoms with Gasteiger partial charge in [-0.05, 0) is 0 Å². The summed E-state index contributed by atoms with van der Waals surface area (Å²) in [4.78, 5) is 0. The molecule has 0 saturated carbocycles. The Morgan fingerprint density at radius 1 is 0.941 bits per heavy atom. The number of unbranched alkanes of at least 4 members (excludes halogenated alkanes) is 6. The molecule has 0 aliphatic rings. The molecule has 0 aliphatic carbocycles. The molecule has 2 N–H and O–H groups in total. The maximum absolute atomic E-state index is 4.71. The first-order chi connectivity index (χ1) is 8.15. The first-order valence-electron chi connectivity index (χ1n) is 7.13. The standard InChI is InChI=1S/2C6H13.CH3NS2.Zn/c2*1-3-5-6-4-2;2-1(3)4;/h2*1,3-6H2,2H3;(H3,2,3,4);. The summed E-state index contributed by atoms with van der Waals surface area (Å²) in [6, 6.07) is 0. The second-order valence-corrected chi connectivity index (χ2v) is 10.2. The SMILES string of the molecule is CCCCC[CH2][Zn][CH2]CCCCC.NC(=S)S. The van der Waals surface area contributed by atoms with Gasteiger partial charge in [0, 0.05) is 0 Å². The number of thiocarbonyl (C=S) groups is 1. The first-order valence-corrected chi connectivity index (χ1v) is 12.2. The van der Waals surface area contributed by atoms with E-state index in [0.29, 0.717) is 0 Å². The molecule has 0 saturated heterocycles. The molecule has 0 bridgehead atoms. The van der Waals surface area contributed by atoms with Crippen molar-refractivity contribution in [1.29, 1.82) is 0 Å². The topological polar surface area (TPSA) is 26.0 Å². The Labute approximate surface area is 127 Å². The van der Waals surface area contributed by atoms with Crippen molar-refractivity contribution in [3.05, 3.63) is 0 Å². The number of hydrogen-bond donors (Lipinski definition) is 2. The van der Waals surface area contributed by atoms with Gasteiger partial charge in [0.2, 0.25) is 0 Å². The van der Waals surface area contributed by atoms with Gasteiger partial charge in [-0.15, -0.1) is 12.6 Å². The van der Waals surface area contributed by atoms with E-state index in [1.165, 1.54) is 38.5 Å². The Bertz CT molecular complexity index is 140. The quantitative estimate of drug-likeness (QED) is 0.249. The van der Waals surface area contributed by atoms with Crippen LogP contribution in [0.15, 0.2) is 0 Å². The Morgan fingerprint density at radius 2 is 1.29 bits per heavy atom. The summed E-state index contributed by atoms with van der Waals surface area (Å²) >= 11 is 7.62. The fraction of sp³-hybridized carbons (Fsp3) is 0.923. The van der Waals surface area contributed by atoms with E-state index in [9.17, 15) is 0 Å². The molecular formula is C13H29NS2Zn. The monoisotopic (exact) mass is 327 g/mol. The molecule has 17 heavy (non-hydrogen) atoms. The molecule has 0 aromatic rings. The van der Waals surface area contributed by atoms with Crippen molar-refractivity contribution in [2.75, 3.05) is 0 Å². The second kappa shape index (κ2) is 19.2. The molecule has 0 fully saturated rings. The maximum atomic E-state index is 4.71. The summed E-state index contributed by atoms with van der Waals surface area (Å²) in [5, 5.41) is 3.33. The third kappa shape index (κ3) is 31.6. The van der Waals surface area contributed by atoms with Crippen LogP contribution in [0.2, 0.25) is 10.0 Å². The fourth-order valence-corrected chi connectivity index (χ4v) is 5.45. The molecule has 0 rings (SSSR count). The Hall–Kier alpha value is 0.863. The smallest absolute Gasteiger partial charge is 0.128 e. The number of thiol groups is 1. The zero-order valence-electron chi connectivity index (χ0n) is 11.7. The van der Waals surface area contributed by atoms with Crippen molar-refractivity contribution in [3.63, 3.8) is 0 Å². The van der Waals surface area contributed by atoms with E-state index in [2.05, 4.69) is 38.7 Å². The predicted octanol–water partition coefficient (Wildman–Crippen LogP) is 5.23. The molecule has 0 aromatic heterocycles. The van der Waals surface area contributed by atoms with Gasteiger partial charge >= 0.3 is 92.4 Å². The fourth-order valence-electron chi connectivity index (χ4n) is 1.74. The van der Waals surface area contributed by atoms with Crippen molar-refractivity contribution in [3.8, 4) is 0 Å². The van der Waals surface area contributed by atoms with Crippen LogP contribution >= 0.6 is 24.8 Å². The molecule has 100 valence electrons. The molecule has 1 nitrogen and oxygen atoms in total. The maximum Gasteiger partial charge on any atom is 0.128 e. The van der Waals surface area contributed by atoms with Crippen molar-refractivity contribution in [2.45, 2.75) is 75.2 Å². The van der Waals surface area contributed by atoms with Crippen molar-refractivity contribution >= 4 is 29.2 Å². The second-order valence-electron chi connectivity index (χ2n) is 4.52. The van der Waals surface area contributed by atoms with E-state index in [-0.39, 0.29) is 21.4 Å². The van der Waals surface area contributed by atoms with E-state index in [4.69, 9.17) is 5.73 Å². The Morgan fingerprint density at radius 3 is 1.59 bits per heavy atom. The summed E-state index contributed by atoms with van der Waals surface area (Å²) in [6.45, 7) is 4.60. The average Bonchev–Trinajstić information content (AvgIpc) is 2.26. The normalized spacial score (nSPS) is 9.12. The number of nitrogens with two attached hydrogens (primary N) is 1. The molecule has 0 radical (unpaired) electrons. The molecule has 0 aromatic carbocycles. The summed E-state index contributed by atoms with van der Waals surface area (Å²) in [5.74, 6) is 0. The zero-order valence-corrected chi connectivity index (χ0v) is 16.4. The molecule has 4 heteroatoms. The van der Waals surface area contributed by atoms with E-state index in [1.54, 1.807) is 22.9 Å². The van der Waals surface area contributed by atoms with E-state index in [0.717, 1.165) is 0 Å². The molecular weight excluding hydrogens is 300 g/mol. The van der Waals surface area contributed by atoms with Crippen molar-refractivity contribution in [2.24, 2.45) is 5.73 Å². The van der Waals surface area contributed by atoms with Gasteiger partial charge in [-0.3, -0.25) is 0 Å². The van der Waals surface area contributed by atoms with Crippen LogP contribution in [0.3, 0.4) is 0 Å². The summed E-state index contributed by atoms with van der Waals surface area (Å²) in [7, 11) is 0. The van der Waals surface area contributed by atoms with Gasteiger partial charge in [0.15, 0.2) is 0 Å². The predicted molar refractivity (Wildman–Crippen MR) is 83.7 cm³/mol. The van der Waals surface area contributed by atoms with Crippen LogP contribution in [0.25, 0.3) is 0 Å².